The molecule has 0 saturated heterocycles. The Morgan fingerprint density at radius 3 is 2.32 bits per heavy atom. The fourth-order valence-corrected chi connectivity index (χ4v) is 4.27. The van der Waals surface area contributed by atoms with E-state index < -0.39 is 46.5 Å². The molecule has 1 fully saturated rings. The normalized spacial score (nSPS) is 19.6. The van der Waals surface area contributed by atoms with E-state index in [1.807, 2.05) is 0 Å². The van der Waals surface area contributed by atoms with E-state index in [1.54, 1.807) is 5.32 Å². The average molecular weight is 518 g/mol. The summed E-state index contributed by atoms with van der Waals surface area (Å²) in [5.41, 5.74) is 0.294. The number of carbonyl (C=O) groups excluding carboxylic acids is 2. The van der Waals surface area contributed by atoms with Crippen molar-refractivity contribution < 1.29 is 27.2 Å². The summed E-state index contributed by atoms with van der Waals surface area (Å²) in [6.07, 6.45) is -4.60. The van der Waals surface area contributed by atoms with Crippen molar-refractivity contribution in [1.29, 1.82) is 0 Å². The predicted octanol–water partition coefficient (Wildman–Crippen LogP) is 5.95. The number of rotatable bonds is 5. The number of nitrogens with one attached hydrogen (secondary N) is 2. The van der Waals surface area contributed by atoms with E-state index in [4.69, 9.17) is 46.4 Å². The molecule has 0 heterocycles. The number of hydrogen-bond donors (Lipinski definition) is 2. The molecule has 2 aromatic rings. The highest BCUT2D eigenvalue weighted by Crippen LogP contribution is 2.65. The fraction of sp³-hybridized carbons (Fsp3) is 0.263. The molecule has 0 bridgehead atoms. The summed E-state index contributed by atoms with van der Waals surface area (Å²) in [4.78, 5) is 24.7. The lowest BCUT2D eigenvalue weighted by molar-refractivity contribution is -0.123. The first-order chi connectivity index (χ1) is 14.3. The Hall–Kier alpha value is -1.74. The van der Waals surface area contributed by atoms with Gasteiger partial charge in [0.2, 0.25) is 5.91 Å². The van der Waals surface area contributed by atoms with Crippen LogP contribution in [0.5, 0.6) is 0 Å². The zero-order valence-corrected chi connectivity index (χ0v) is 18.2. The quantitative estimate of drug-likeness (QED) is 0.380. The maximum Gasteiger partial charge on any atom is 0.405 e. The van der Waals surface area contributed by atoms with Gasteiger partial charge >= 0.3 is 6.18 Å². The number of carbonyl (C=O) groups is 2. The third-order valence-corrected chi connectivity index (χ3v) is 6.13. The molecular weight excluding hydrogens is 506 g/mol. The lowest BCUT2D eigenvalue weighted by Gasteiger charge is -2.11. The zero-order valence-electron chi connectivity index (χ0n) is 15.2. The molecule has 0 radical (unpaired) electrons. The van der Waals surface area contributed by atoms with E-state index in [9.17, 15) is 27.2 Å². The monoisotopic (exact) mass is 516 g/mol. The molecule has 0 aliphatic heterocycles. The second-order valence-corrected chi connectivity index (χ2v) is 9.04. The summed E-state index contributed by atoms with van der Waals surface area (Å²) in [7, 11) is 0. The van der Waals surface area contributed by atoms with Gasteiger partial charge in [0.15, 0.2) is 0 Å². The maximum atomic E-state index is 13.4. The molecular formula is C19H12Cl4F4N2O2. The van der Waals surface area contributed by atoms with Crippen molar-refractivity contribution in [3.8, 4) is 0 Å². The number of hydrogen-bond acceptors (Lipinski definition) is 2. The fourth-order valence-electron chi connectivity index (χ4n) is 3.05. The molecule has 12 heteroatoms. The van der Waals surface area contributed by atoms with Gasteiger partial charge in [-0.1, -0.05) is 29.3 Å². The van der Waals surface area contributed by atoms with Gasteiger partial charge < -0.3 is 10.6 Å². The molecule has 2 aromatic carbocycles. The van der Waals surface area contributed by atoms with Crippen LogP contribution in [0.4, 0.5) is 23.2 Å². The van der Waals surface area contributed by atoms with Crippen LogP contribution >= 0.6 is 46.4 Å². The van der Waals surface area contributed by atoms with Crippen LogP contribution in [0.15, 0.2) is 36.4 Å². The van der Waals surface area contributed by atoms with Gasteiger partial charge in [-0.2, -0.15) is 13.2 Å². The Kier molecular flexibility index (Phi) is 6.68. The first kappa shape index (κ1) is 23.9. The Morgan fingerprint density at radius 2 is 1.71 bits per heavy atom. The Morgan fingerprint density at radius 1 is 1.03 bits per heavy atom. The van der Waals surface area contributed by atoms with Crippen LogP contribution < -0.4 is 10.6 Å². The van der Waals surface area contributed by atoms with Crippen LogP contribution in [0, 0.1) is 11.7 Å². The SMILES string of the molecule is O=C(NCC(F)(F)F)c1cc(NC(=O)C2C(c3ccc(F)c(Cl)c3)C2(Cl)Cl)ccc1Cl. The lowest BCUT2D eigenvalue weighted by Crippen LogP contribution is -2.33. The summed E-state index contributed by atoms with van der Waals surface area (Å²) in [5, 5.41) is 3.95. The molecule has 166 valence electrons. The Labute approximate surface area is 193 Å². The predicted molar refractivity (Wildman–Crippen MR) is 111 cm³/mol. The highest BCUT2D eigenvalue weighted by Gasteiger charge is 2.67. The third kappa shape index (κ3) is 5.37. The smallest absolute Gasteiger partial charge is 0.343 e. The van der Waals surface area contributed by atoms with Gasteiger partial charge in [-0.3, -0.25) is 9.59 Å². The molecule has 0 spiro atoms. The summed E-state index contributed by atoms with van der Waals surface area (Å²) >= 11 is 24.1. The zero-order chi connectivity index (χ0) is 23.1. The molecule has 31 heavy (non-hydrogen) atoms. The number of alkyl halides is 5. The summed E-state index contributed by atoms with van der Waals surface area (Å²) in [5.74, 6) is -3.90. The van der Waals surface area contributed by atoms with E-state index in [1.165, 1.54) is 24.3 Å². The Bertz CT molecular complexity index is 1050. The van der Waals surface area contributed by atoms with Crippen LogP contribution in [0.25, 0.3) is 0 Å². The Balaban J connectivity index is 1.74. The molecule has 3 rings (SSSR count). The molecule has 4 nitrogen and oxygen atoms in total. The third-order valence-electron chi connectivity index (χ3n) is 4.57. The highest BCUT2D eigenvalue weighted by molar-refractivity contribution is 6.53. The maximum absolute atomic E-state index is 13.4. The summed E-state index contributed by atoms with van der Waals surface area (Å²) in [6, 6.07) is 7.58. The first-order valence-electron chi connectivity index (χ1n) is 8.59. The molecule has 1 saturated carbocycles. The van der Waals surface area contributed by atoms with E-state index in [0.717, 1.165) is 12.1 Å². The number of benzene rings is 2. The highest BCUT2D eigenvalue weighted by atomic mass is 35.5. The molecule has 2 N–H and O–H groups in total. The minimum Gasteiger partial charge on any atom is -0.343 e. The van der Waals surface area contributed by atoms with Crippen molar-refractivity contribution in [3.05, 3.63) is 63.4 Å². The standard InChI is InChI=1S/C19H12Cl4F4N2O2/c20-11-3-2-9(6-10(11)16(30)28-7-18(25,26)27)29-17(31)15-14(19(15,22)23)8-1-4-13(24)12(21)5-8/h1-6,14-15H,7H2,(H,28,30)(H,29,31). The van der Waals surface area contributed by atoms with Gasteiger partial charge in [-0.05, 0) is 35.9 Å². The van der Waals surface area contributed by atoms with Crippen LogP contribution in [0.2, 0.25) is 10.0 Å². The second kappa shape index (κ2) is 8.65. The first-order valence-corrected chi connectivity index (χ1v) is 10.1. The average Bonchev–Trinajstić information content (AvgIpc) is 3.25. The van der Waals surface area contributed by atoms with Crippen LogP contribution in [0.1, 0.15) is 21.8 Å². The van der Waals surface area contributed by atoms with Crippen molar-refractivity contribution in [3.63, 3.8) is 0 Å². The lowest BCUT2D eigenvalue weighted by atomic mass is 10.1. The van der Waals surface area contributed by atoms with Gasteiger partial charge in [0.05, 0.1) is 21.5 Å². The van der Waals surface area contributed by atoms with E-state index in [2.05, 4.69) is 5.32 Å². The van der Waals surface area contributed by atoms with Gasteiger partial charge in [-0.25, -0.2) is 4.39 Å². The molecule has 2 unspecified atom stereocenters. The largest absolute Gasteiger partial charge is 0.405 e. The van der Waals surface area contributed by atoms with Gasteiger partial charge in [-0.15, -0.1) is 23.2 Å². The van der Waals surface area contributed by atoms with E-state index >= 15 is 0 Å². The second-order valence-electron chi connectivity index (χ2n) is 6.79. The minimum atomic E-state index is -4.60. The molecule has 2 atom stereocenters. The minimum absolute atomic E-state index is 0.0958. The number of halogens is 8. The molecule has 1 aliphatic rings. The summed E-state index contributed by atoms with van der Waals surface area (Å²) in [6.45, 7) is -1.54. The van der Waals surface area contributed by atoms with Crippen LogP contribution in [-0.4, -0.2) is 28.9 Å². The van der Waals surface area contributed by atoms with Crippen molar-refractivity contribution in [2.75, 3.05) is 11.9 Å². The van der Waals surface area contributed by atoms with Gasteiger partial charge in [0, 0.05) is 11.6 Å². The van der Waals surface area contributed by atoms with E-state index in [-0.39, 0.29) is 21.3 Å². The van der Waals surface area contributed by atoms with Crippen LogP contribution in [0.3, 0.4) is 0 Å². The van der Waals surface area contributed by atoms with E-state index in [0.29, 0.717) is 5.56 Å². The summed E-state index contributed by atoms with van der Waals surface area (Å²) < 4.78 is 48.9. The number of anilines is 1. The van der Waals surface area contributed by atoms with Crippen molar-refractivity contribution >= 4 is 63.9 Å². The van der Waals surface area contributed by atoms with Crippen molar-refractivity contribution in [1.82, 2.24) is 5.32 Å². The van der Waals surface area contributed by atoms with Gasteiger partial charge in [0.25, 0.3) is 5.91 Å². The van der Waals surface area contributed by atoms with Gasteiger partial charge in [0.1, 0.15) is 16.7 Å². The topological polar surface area (TPSA) is 58.2 Å². The molecule has 2 amide bonds. The van der Waals surface area contributed by atoms with Crippen molar-refractivity contribution in [2.45, 2.75) is 16.4 Å². The molecule has 0 aromatic heterocycles. The molecule has 1 aliphatic carbocycles. The number of amides is 2. The van der Waals surface area contributed by atoms with Crippen molar-refractivity contribution in [2.24, 2.45) is 5.92 Å². The van der Waals surface area contributed by atoms with Crippen LogP contribution in [-0.2, 0) is 4.79 Å².